The van der Waals surface area contributed by atoms with E-state index in [2.05, 4.69) is 31.2 Å². The van der Waals surface area contributed by atoms with Gasteiger partial charge in [0.25, 0.3) is 5.91 Å². The van der Waals surface area contributed by atoms with Crippen LogP contribution in [0.2, 0.25) is 0 Å². The van der Waals surface area contributed by atoms with Gasteiger partial charge in [-0.3, -0.25) is 24.0 Å². The number of carbonyl (C=O) groups is 5. The highest BCUT2D eigenvalue weighted by atomic mass is 19.1. The van der Waals surface area contributed by atoms with Gasteiger partial charge in [-0.25, -0.2) is 9.37 Å². The number of hydrogen-bond donors (Lipinski definition) is 5. The van der Waals surface area contributed by atoms with E-state index in [0.717, 1.165) is 5.56 Å². The molecule has 5 amide bonds. The van der Waals surface area contributed by atoms with E-state index in [1.165, 1.54) is 50.3 Å². The largest absolute Gasteiger partial charge is 0.493 e. The van der Waals surface area contributed by atoms with Gasteiger partial charge in [-0.2, -0.15) is 0 Å². The summed E-state index contributed by atoms with van der Waals surface area (Å²) < 4.78 is 30.6. The summed E-state index contributed by atoms with van der Waals surface area (Å²) in [5, 5.41) is 11.0. The second kappa shape index (κ2) is 18.5. The number of hydrogen-bond acceptors (Lipinski definition) is 9. The van der Waals surface area contributed by atoms with Crippen molar-refractivity contribution >= 4 is 40.6 Å². The minimum atomic E-state index is -1.05. The number of aromatic nitrogens is 2. The number of ether oxygens (including phenoxy) is 3. The number of H-pyrrole nitrogens is 1. The first-order valence-electron chi connectivity index (χ1n) is 17.5. The Bertz CT molecular complexity index is 1950. The zero-order valence-electron chi connectivity index (χ0n) is 30.3. The lowest BCUT2D eigenvalue weighted by Crippen LogP contribution is -2.54. The molecule has 15 nitrogen and oxygen atoms in total. The summed E-state index contributed by atoms with van der Waals surface area (Å²) >= 11 is 0. The molecule has 0 spiro atoms. The van der Waals surface area contributed by atoms with Gasteiger partial charge in [0.15, 0.2) is 11.5 Å². The van der Waals surface area contributed by atoms with Crippen LogP contribution >= 0.6 is 0 Å². The number of fused-ring (bicyclic) bond motifs is 20. The fourth-order valence-corrected chi connectivity index (χ4v) is 5.82. The molecule has 0 aliphatic carbocycles. The molecule has 16 heteroatoms. The molecule has 4 aromatic rings. The number of methoxy groups -OCH3 is 2. The van der Waals surface area contributed by atoms with Crippen LogP contribution in [0.1, 0.15) is 41.5 Å². The summed E-state index contributed by atoms with van der Waals surface area (Å²) in [6.45, 7) is 1.54. The normalized spacial score (nSPS) is 18.0. The molecule has 286 valence electrons. The predicted octanol–water partition coefficient (Wildman–Crippen LogP) is 2.04. The zero-order chi connectivity index (χ0) is 38.6. The van der Waals surface area contributed by atoms with Crippen LogP contribution in [0.25, 0.3) is 11.0 Å². The molecular formula is C38H44FN7O8. The van der Waals surface area contributed by atoms with Crippen molar-refractivity contribution in [1.29, 1.82) is 0 Å². The summed E-state index contributed by atoms with van der Waals surface area (Å²) in [6, 6.07) is 14.1. The first-order chi connectivity index (χ1) is 26.0. The number of rotatable bonds is 7. The van der Waals surface area contributed by atoms with Gasteiger partial charge in [-0.15, -0.1) is 0 Å². The van der Waals surface area contributed by atoms with Gasteiger partial charge >= 0.3 is 0 Å². The molecule has 2 aliphatic heterocycles. The van der Waals surface area contributed by atoms with Gasteiger partial charge in [-0.1, -0.05) is 30.3 Å². The van der Waals surface area contributed by atoms with Crippen molar-refractivity contribution in [2.45, 2.75) is 44.7 Å². The van der Waals surface area contributed by atoms with Gasteiger partial charge < -0.3 is 45.4 Å². The highest BCUT2D eigenvalue weighted by Gasteiger charge is 2.27. The molecular weight excluding hydrogens is 701 g/mol. The van der Waals surface area contributed by atoms with E-state index in [1.54, 1.807) is 6.07 Å². The topological polar surface area (TPSA) is 193 Å². The Morgan fingerprint density at radius 3 is 2.41 bits per heavy atom. The average Bonchev–Trinajstić information content (AvgIpc) is 3.57. The Labute approximate surface area is 311 Å². The highest BCUT2D eigenvalue weighted by molar-refractivity contribution is 5.99. The third kappa shape index (κ3) is 10.5. The van der Waals surface area contributed by atoms with Crippen LogP contribution in [-0.2, 0) is 32.0 Å². The van der Waals surface area contributed by atoms with E-state index in [0.29, 0.717) is 23.3 Å². The fourth-order valence-electron chi connectivity index (χ4n) is 5.82. The summed E-state index contributed by atoms with van der Waals surface area (Å²) in [5.41, 5.74) is 1.98. The van der Waals surface area contributed by atoms with Crippen molar-refractivity contribution < 1.29 is 42.6 Å². The maximum Gasteiger partial charge on any atom is 0.252 e. The monoisotopic (exact) mass is 745 g/mol. The SMILES string of the molecule is COc1cc2cc(OC)c1OCCCNC(=O)CN(C(=O)CCc1nc3ccc(F)cc3[nH]1)CCNC(=O)[C@@H](Cc1ccccc1)NC(=O)[C@H](C)NC2=O. The first kappa shape index (κ1) is 39.0. The molecule has 6 rings (SSSR count). The number of nitrogens with zero attached hydrogens (tertiary/aromatic N) is 2. The smallest absolute Gasteiger partial charge is 0.252 e. The summed E-state index contributed by atoms with van der Waals surface area (Å²) in [6.07, 6.45) is 0.703. The Morgan fingerprint density at radius 1 is 0.944 bits per heavy atom. The molecule has 0 saturated carbocycles. The van der Waals surface area contributed by atoms with Crippen LogP contribution in [0.5, 0.6) is 17.2 Å². The van der Waals surface area contributed by atoms with E-state index in [1.807, 2.05) is 30.3 Å². The van der Waals surface area contributed by atoms with Crippen molar-refractivity contribution in [3.63, 3.8) is 0 Å². The lowest BCUT2D eigenvalue weighted by Gasteiger charge is -2.24. The number of imidazole rings is 1. The van der Waals surface area contributed by atoms with Gasteiger partial charge in [-0.05, 0) is 49.2 Å². The Kier molecular flexibility index (Phi) is 13.4. The number of aromatic amines is 1. The van der Waals surface area contributed by atoms with Crippen molar-refractivity contribution in [3.8, 4) is 17.2 Å². The minimum absolute atomic E-state index is 0.0138. The number of aryl methyl sites for hydroxylation is 1. The predicted molar refractivity (Wildman–Crippen MR) is 196 cm³/mol. The molecule has 2 atom stereocenters. The molecule has 5 N–H and O–H groups in total. The van der Waals surface area contributed by atoms with Crippen molar-refractivity contribution in [2.75, 3.05) is 47.0 Å². The first-order valence-corrected chi connectivity index (χ1v) is 17.5. The van der Waals surface area contributed by atoms with Gasteiger partial charge in [0.2, 0.25) is 29.4 Å². The van der Waals surface area contributed by atoms with Gasteiger partial charge in [0, 0.05) is 44.5 Å². The summed E-state index contributed by atoms with van der Waals surface area (Å²) in [7, 11) is 2.82. The number of carbonyl (C=O) groups excluding carboxylic acids is 5. The fraction of sp³-hybridized carbons (Fsp3) is 0.368. The maximum atomic E-state index is 13.7. The quantitative estimate of drug-likeness (QED) is 0.176. The zero-order valence-corrected chi connectivity index (χ0v) is 30.3. The number of amides is 5. The van der Waals surface area contributed by atoms with Crippen molar-refractivity contribution in [2.24, 2.45) is 0 Å². The second-order valence-corrected chi connectivity index (χ2v) is 12.7. The minimum Gasteiger partial charge on any atom is -0.493 e. The molecule has 2 aliphatic rings. The van der Waals surface area contributed by atoms with E-state index in [4.69, 9.17) is 14.2 Å². The summed E-state index contributed by atoms with van der Waals surface area (Å²) in [4.78, 5) is 75.6. The van der Waals surface area contributed by atoms with Crippen LogP contribution in [0.4, 0.5) is 4.39 Å². The molecule has 0 saturated heterocycles. The van der Waals surface area contributed by atoms with Crippen LogP contribution in [0.15, 0.2) is 60.7 Å². The highest BCUT2D eigenvalue weighted by Crippen LogP contribution is 2.38. The Morgan fingerprint density at radius 2 is 1.69 bits per heavy atom. The molecule has 1 aromatic heterocycles. The summed E-state index contributed by atoms with van der Waals surface area (Å²) in [5.74, 6) is -1.78. The molecule has 0 fully saturated rings. The molecule has 3 aromatic carbocycles. The Hall–Kier alpha value is -6.19. The third-order valence-electron chi connectivity index (χ3n) is 8.71. The average molecular weight is 746 g/mol. The van der Waals surface area contributed by atoms with E-state index in [9.17, 15) is 28.4 Å². The van der Waals surface area contributed by atoms with E-state index >= 15 is 0 Å². The van der Waals surface area contributed by atoms with Crippen LogP contribution in [0.3, 0.4) is 0 Å². The van der Waals surface area contributed by atoms with Gasteiger partial charge in [0.1, 0.15) is 23.7 Å². The molecule has 3 heterocycles. The van der Waals surface area contributed by atoms with Crippen LogP contribution in [-0.4, -0.2) is 103 Å². The Balaban J connectivity index is 1.35. The van der Waals surface area contributed by atoms with Crippen molar-refractivity contribution in [1.82, 2.24) is 36.1 Å². The van der Waals surface area contributed by atoms with Crippen LogP contribution in [0, 0.1) is 5.82 Å². The number of benzene rings is 3. The van der Waals surface area contributed by atoms with Crippen molar-refractivity contribution in [3.05, 3.63) is 83.4 Å². The number of nitrogens with one attached hydrogen (secondary N) is 5. The molecule has 2 bridgehead atoms. The lowest BCUT2D eigenvalue weighted by molar-refractivity contribution is -0.136. The van der Waals surface area contributed by atoms with Gasteiger partial charge in [0.05, 0.1) is 38.4 Å². The van der Waals surface area contributed by atoms with E-state index < -0.39 is 41.5 Å². The van der Waals surface area contributed by atoms with Crippen LogP contribution < -0.4 is 35.5 Å². The molecule has 0 radical (unpaired) electrons. The van der Waals surface area contributed by atoms with E-state index in [-0.39, 0.29) is 80.8 Å². The third-order valence-corrected chi connectivity index (χ3v) is 8.71. The molecule has 0 unspecified atom stereocenters. The molecule has 54 heavy (non-hydrogen) atoms. The standard InChI is InChI=1S/C38H44FN7O8/c1-23-36(49)45-29(18-24-8-5-4-6-9-24)38(51)41-15-16-46(34(48)13-12-32-43-27-11-10-26(39)21-28(27)44-32)22-33(47)40-14-7-17-54-35-30(52-2)19-25(37(50)42-23)20-31(35)53-3/h4-6,8-11,19-21,23,29H,7,12-18,22H2,1-3H3,(H,40,47)(H,41,51)(H,42,50)(H,43,44)(H,45,49)/t23-,29+/m0/s1. The lowest BCUT2D eigenvalue weighted by atomic mass is 10.0. The maximum absolute atomic E-state index is 13.7. The number of halogens is 1. The second-order valence-electron chi connectivity index (χ2n) is 12.7.